The van der Waals surface area contributed by atoms with Crippen molar-refractivity contribution in [2.45, 2.75) is 12.5 Å². The molecule has 6 aromatic rings. The number of aromatic amines is 1. The first-order chi connectivity index (χ1) is 19.6. The van der Waals surface area contributed by atoms with Crippen LogP contribution >= 0.6 is 0 Å². The number of ether oxygens (including phenoxy) is 1. The van der Waals surface area contributed by atoms with Gasteiger partial charge in [0.1, 0.15) is 5.75 Å². The van der Waals surface area contributed by atoms with E-state index in [0.29, 0.717) is 23.7 Å². The summed E-state index contributed by atoms with van der Waals surface area (Å²) in [6.07, 6.45) is 1.61. The van der Waals surface area contributed by atoms with E-state index in [2.05, 4.69) is 61.0 Å². The Bertz CT molecular complexity index is 1730. The number of amides is 1. The standard InChI is InChI=1S/C31H26N6O3/c1-40-28-17-23(30-33-35-36-34-30)13-12-22(28)16-24-19-37(27-15-14-25(18-26(24)27)32-31(38)39)29(20-8-4-2-5-9-20)21-10-6-3-7-11-21/h2-15,17-19,29,32H,16H2,1H3,(H,38,39)(H,33,34,35,36). The summed E-state index contributed by atoms with van der Waals surface area (Å²) >= 11 is 0. The number of fused-ring (bicyclic) bond motifs is 1. The molecule has 0 saturated carbocycles. The van der Waals surface area contributed by atoms with E-state index < -0.39 is 6.09 Å². The number of carbonyl (C=O) groups is 1. The molecule has 198 valence electrons. The van der Waals surface area contributed by atoms with E-state index in [4.69, 9.17) is 4.74 Å². The molecule has 2 aromatic heterocycles. The van der Waals surface area contributed by atoms with Gasteiger partial charge >= 0.3 is 6.09 Å². The van der Waals surface area contributed by atoms with E-state index in [1.807, 2.05) is 66.7 Å². The molecular formula is C31H26N6O3. The summed E-state index contributed by atoms with van der Waals surface area (Å²) in [5.74, 6) is 1.19. The zero-order chi connectivity index (χ0) is 27.5. The second kappa shape index (κ2) is 10.7. The highest BCUT2D eigenvalue weighted by atomic mass is 16.5. The van der Waals surface area contributed by atoms with Crippen molar-refractivity contribution in [1.29, 1.82) is 0 Å². The number of carboxylic acid groups (broad SMARTS) is 1. The second-order valence-electron chi connectivity index (χ2n) is 9.39. The third-order valence-electron chi connectivity index (χ3n) is 6.95. The molecule has 9 heteroatoms. The Morgan fingerprint density at radius 1 is 0.950 bits per heavy atom. The van der Waals surface area contributed by atoms with Crippen LogP contribution in [0.25, 0.3) is 22.3 Å². The molecular weight excluding hydrogens is 504 g/mol. The van der Waals surface area contributed by atoms with Gasteiger partial charge in [-0.15, -0.1) is 10.2 Å². The van der Waals surface area contributed by atoms with E-state index >= 15 is 0 Å². The number of nitrogens with zero attached hydrogens (tertiary/aromatic N) is 4. The van der Waals surface area contributed by atoms with Gasteiger partial charge in [0, 0.05) is 34.8 Å². The van der Waals surface area contributed by atoms with Gasteiger partial charge in [0.05, 0.1) is 13.2 Å². The maximum absolute atomic E-state index is 11.4. The van der Waals surface area contributed by atoms with Gasteiger partial charge in [0.2, 0.25) is 5.82 Å². The summed E-state index contributed by atoms with van der Waals surface area (Å²) in [6.45, 7) is 0. The fourth-order valence-corrected chi connectivity index (χ4v) is 5.18. The normalized spacial score (nSPS) is 11.2. The highest BCUT2D eigenvalue weighted by molar-refractivity contribution is 5.92. The molecule has 0 spiro atoms. The molecule has 3 N–H and O–H groups in total. The molecule has 1 amide bonds. The average Bonchev–Trinajstić information content (AvgIpc) is 3.64. The molecule has 4 aromatic carbocycles. The Morgan fingerprint density at radius 2 is 1.68 bits per heavy atom. The lowest BCUT2D eigenvalue weighted by atomic mass is 9.98. The number of benzene rings is 4. The van der Waals surface area contributed by atoms with Crippen LogP contribution in [0.3, 0.4) is 0 Å². The number of methoxy groups -OCH3 is 1. The number of rotatable bonds is 8. The molecule has 40 heavy (non-hydrogen) atoms. The van der Waals surface area contributed by atoms with Crippen molar-refractivity contribution < 1.29 is 14.6 Å². The van der Waals surface area contributed by atoms with Gasteiger partial charge in [0.15, 0.2) is 0 Å². The smallest absolute Gasteiger partial charge is 0.409 e. The van der Waals surface area contributed by atoms with Crippen molar-refractivity contribution in [3.05, 3.63) is 126 Å². The van der Waals surface area contributed by atoms with Crippen LogP contribution in [0.1, 0.15) is 28.3 Å². The number of anilines is 1. The quantitative estimate of drug-likeness (QED) is 0.217. The van der Waals surface area contributed by atoms with Crippen LogP contribution in [0.15, 0.2) is 103 Å². The van der Waals surface area contributed by atoms with E-state index in [0.717, 1.165) is 38.7 Å². The van der Waals surface area contributed by atoms with Crippen LogP contribution in [-0.4, -0.2) is 43.5 Å². The maximum atomic E-state index is 11.4. The SMILES string of the molecule is COc1cc(-c2nn[nH]n2)ccc1Cc1cn(C(c2ccccc2)c2ccccc2)c2ccc(NC(=O)O)cc12. The van der Waals surface area contributed by atoms with Gasteiger partial charge in [-0.25, -0.2) is 4.79 Å². The molecule has 0 bridgehead atoms. The Labute approximate surface area is 230 Å². The molecule has 0 radical (unpaired) electrons. The molecule has 0 aliphatic carbocycles. The van der Waals surface area contributed by atoms with Gasteiger partial charge in [0.25, 0.3) is 0 Å². The van der Waals surface area contributed by atoms with Crippen molar-refractivity contribution in [2.24, 2.45) is 0 Å². The van der Waals surface area contributed by atoms with Crippen molar-refractivity contribution in [2.75, 3.05) is 12.4 Å². The molecule has 0 aliphatic heterocycles. The minimum atomic E-state index is -1.11. The van der Waals surface area contributed by atoms with E-state index in [1.54, 1.807) is 13.2 Å². The Balaban J connectivity index is 1.51. The van der Waals surface area contributed by atoms with Crippen LogP contribution in [-0.2, 0) is 6.42 Å². The number of H-pyrrole nitrogens is 1. The summed E-state index contributed by atoms with van der Waals surface area (Å²) in [5.41, 5.74) is 6.59. The fraction of sp³-hybridized carbons (Fsp3) is 0.0968. The predicted octanol–water partition coefficient (Wildman–Crippen LogP) is 6.15. The van der Waals surface area contributed by atoms with Crippen LogP contribution in [0.4, 0.5) is 10.5 Å². The minimum absolute atomic E-state index is 0.0838. The number of nitrogens with one attached hydrogen (secondary N) is 2. The zero-order valence-corrected chi connectivity index (χ0v) is 21.7. The molecule has 2 heterocycles. The van der Waals surface area contributed by atoms with Crippen LogP contribution in [0.5, 0.6) is 5.75 Å². The second-order valence-corrected chi connectivity index (χ2v) is 9.39. The van der Waals surface area contributed by atoms with Crippen molar-refractivity contribution in [1.82, 2.24) is 25.2 Å². The van der Waals surface area contributed by atoms with Gasteiger partial charge in [-0.1, -0.05) is 72.8 Å². The summed E-state index contributed by atoms with van der Waals surface area (Å²) in [4.78, 5) is 11.4. The van der Waals surface area contributed by atoms with Gasteiger partial charge in [-0.2, -0.15) is 5.21 Å². The molecule has 0 atom stereocenters. The minimum Gasteiger partial charge on any atom is -0.496 e. The third kappa shape index (κ3) is 4.88. The summed E-state index contributed by atoms with van der Waals surface area (Å²) in [6, 6.07) is 32.1. The van der Waals surface area contributed by atoms with Crippen molar-refractivity contribution in [3.63, 3.8) is 0 Å². The maximum Gasteiger partial charge on any atom is 0.409 e. The van der Waals surface area contributed by atoms with Crippen molar-refractivity contribution >= 4 is 22.7 Å². The highest BCUT2D eigenvalue weighted by Gasteiger charge is 2.21. The van der Waals surface area contributed by atoms with Crippen LogP contribution < -0.4 is 10.1 Å². The Hall–Kier alpha value is -5.44. The lowest BCUT2D eigenvalue weighted by Gasteiger charge is -2.21. The summed E-state index contributed by atoms with van der Waals surface area (Å²) in [7, 11) is 1.64. The van der Waals surface area contributed by atoms with E-state index in [-0.39, 0.29) is 6.04 Å². The highest BCUT2D eigenvalue weighted by Crippen LogP contribution is 2.36. The number of tetrazole rings is 1. The van der Waals surface area contributed by atoms with Crippen LogP contribution in [0.2, 0.25) is 0 Å². The first kappa shape index (κ1) is 24.9. The number of hydrogen-bond acceptors (Lipinski definition) is 5. The first-order valence-corrected chi connectivity index (χ1v) is 12.7. The third-order valence-corrected chi connectivity index (χ3v) is 6.95. The Kier molecular flexibility index (Phi) is 6.68. The lowest BCUT2D eigenvalue weighted by Crippen LogP contribution is -2.11. The molecule has 0 aliphatic rings. The van der Waals surface area contributed by atoms with E-state index in [1.165, 1.54) is 0 Å². The first-order valence-electron chi connectivity index (χ1n) is 12.7. The predicted molar refractivity (Wildman–Crippen MR) is 153 cm³/mol. The van der Waals surface area contributed by atoms with Crippen molar-refractivity contribution in [3.8, 4) is 17.1 Å². The molecule has 9 nitrogen and oxygen atoms in total. The zero-order valence-electron chi connectivity index (χ0n) is 21.7. The Morgan fingerprint density at radius 3 is 2.30 bits per heavy atom. The molecule has 6 rings (SSSR count). The average molecular weight is 531 g/mol. The van der Waals surface area contributed by atoms with Gasteiger partial charge in [-0.3, -0.25) is 5.32 Å². The monoisotopic (exact) mass is 530 g/mol. The fourth-order valence-electron chi connectivity index (χ4n) is 5.18. The number of aromatic nitrogens is 5. The topological polar surface area (TPSA) is 118 Å². The lowest BCUT2D eigenvalue weighted by molar-refractivity contribution is 0.210. The summed E-state index contributed by atoms with van der Waals surface area (Å²) in [5, 5.41) is 27.1. The van der Waals surface area contributed by atoms with Gasteiger partial charge in [-0.05, 0) is 51.7 Å². The largest absolute Gasteiger partial charge is 0.496 e. The molecule has 0 saturated heterocycles. The van der Waals surface area contributed by atoms with Crippen LogP contribution in [0, 0.1) is 0 Å². The summed E-state index contributed by atoms with van der Waals surface area (Å²) < 4.78 is 8.02. The van der Waals surface area contributed by atoms with Gasteiger partial charge < -0.3 is 14.4 Å². The van der Waals surface area contributed by atoms with E-state index in [9.17, 15) is 9.90 Å². The number of hydrogen-bond donors (Lipinski definition) is 3. The molecule has 0 fully saturated rings. The molecule has 0 unspecified atom stereocenters.